The second kappa shape index (κ2) is 7.87. The first-order valence-electron chi connectivity index (χ1n) is 11.8. The van der Waals surface area contributed by atoms with Crippen LogP contribution in [0.2, 0.25) is 0 Å². The highest BCUT2D eigenvalue weighted by atomic mass is 16.5. The van der Waals surface area contributed by atoms with E-state index >= 15 is 0 Å². The first-order valence-corrected chi connectivity index (χ1v) is 11.8. The maximum absolute atomic E-state index is 13.5. The summed E-state index contributed by atoms with van der Waals surface area (Å²) in [4.78, 5) is 56.1. The number of likely N-dealkylation sites (tertiary alicyclic amines) is 2. The van der Waals surface area contributed by atoms with Crippen molar-refractivity contribution in [1.29, 1.82) is 0 Å². The Bertz CT molecular complexity index is 1180. The van der Waals surface area contributed by atoms with Crippen LogP contribution in [-0.2, 0) is 19.2 Å². The summed E-state index contributed by atoms with van der Waals surface area (Å²) in [5, 5.41) is 3.67. The van der Waals surface area contributed by atoms with Gasteiger partial charge in [0.2, 0.25) is 23.6 Å². The summed E-state index contributed by atoms with van der Waals surface area (Å²) in [7, 11) is 6.11. The fraction of sp³-hybridized carbons (Fsp3) is 0.385. The third-order valence-corrected chi connectivity index (χ3v) is 8.08. The summed E-state index contributed by atoms with van der Waals surface area (Å²) in [6.07, 6.45) is 0. The van der Waals surface area contributed by atoms with Crippen molar-refractivity contribution in [3.63, 3.8) is 0 Å². The minimum absolute atomic E-state index is 0.296. The molecule has 6 rings (SSSR count). The van der Waals surface area contributed by atoms with Crippen molar-refractivity contribution >= 4 is 23.6 Å². The normalized spacial score (nSPS) is 31.8. The molecule has 2 aromatic carbocycles. The molecule has 6 atom stereocenters. The second-order valence-corrected chi connectivity index (χ2v) is 9.61. The van der Waals surface area contributed by atoms with Crippen molar-refractivity contribution in [3.8, 4) is 11.5 Å². The largest absolute Gasteiger partial charge is 0.497 e. The quantitative estimate of drug-likeness (QED) is 0.586. The van der Waals surface area contributed by atoms with Crippen LogP contribution in [0.4, 0.5) is 0 Å². The van der Waals surface area contributed by atoms with Crippen LogP contribution in [-0.4, -0.2) is 83.8 Å². The second-order valence-electron chi connectivity index (χ2n) is 9.61. The maximum Gasteiger partial charge on any atom is 0.248 e. The summed E-state index contributed by atoms with van der Waals surface area (Å²) in [6.45, 7) is 0. The monoisotopic (exact) mass is 490 g/mol. The number of nitrogens with zero attached hydrogens (tertiary/aromatic N) is 4. The molecule has 10 heteroatoms. The van der Waals surface area contributed by atoms with E-state index in [1.54, 1.807) is 38.5 Å². The van der Waals surface area contributed by atoms with Gasteiger partial charge in [-0.15, -0.1) is 0 Å². The molecule has 2 aromatic rings. The zero-order valence-electron chi connectivity index (χ0n) is 20.3. The first kappa shape index (κ1) is 22.7. The SMILES string of the molecule is COc1ccc([C@H]2[C@H]3C(=O)N(C)C(=O)[C@@H]3N3[C@@H](c4ccc(OC)cc4)[C@@H]4C(=O)N(C)C(=O)[C@H]4N23)cc1. The van der Waals surface area contributed by atoms with Gasteiger partial charge in [0.1, 0.15) is 23.6 Å². The number of fused-ring (bicyclic) bond motifs is 5. The van der Waals surface area contributed by atoms with E-state index in [4.69, 9.17) is 9.47 Å². The molecule has 0 spiro atoms. The highest BCUT2D eigenvalue weighted by Crippen LogP contribution is 2.58. The van der Waals surface area contributed by atoms with E-state index in [1.165, 1.54) is 14.1 Å². The van der Waals surface area contributed by atoms with Crippen LogP contribution in [0.5, 0.6) is 11.5 Å². The van der Waals surface area contributed by atoms with Crippen molar-refractivity contribution in [3.05, 3.63) is 59.7 Å². The molecule has 0 radical (unpaired) electrons. The van der Waals surface area contributed by atoms with E-state index in [2.05, 4.69) is 0 Å². The van der Waals surface area contributed by atoms with E-state index in [0.29, 0.717) is 11.5 Å². The van der Waals surface area contributed by atoms with Crippen molar-refractivity contribution in [1.82, 2.24) is 19.8 Å². The number of methoxy groups -OCH3 is 2. The highest BCUT2D eigenvalue weighted by Gasteiger charge is 2.72. The zero-order valence-corrected chi connectivity index (χ0v) is 20.3. The van der Waals surface area contributed by atoms with Gasteiger partial charge in [-0.25, -0.2) is 10.0 Å². The third kappa shape index (κ3) is 2.79. The van der Waals surface area contributed by atoms with Gasteiger partial charge in [-0.2, -0.15) is 0 Å². The molecule has 4 heterocycles. The summed E-state index contributed by atoms with van der Waals surface area (Å²) in [6, 6.07) is 11.7. The molecule has 0 unspecified atom stereocenters. The van der Waals surface area contributed by atoms with Crippen LogP contribution in [0.3, 0.4) is 0 Å². The predicted octanol–water partition coefficient (Wildman–Crippen LogP) is 0.999. The van der Waals surface area contributed by atoms with Crippen LogP contribution < -0.4 is 9.47 Å². The Balaban J connectivity index is 1.55. The number of hydrogen-bond acceptors (Lipinski definition) is 8. The van der Waals surface area contributed by atoms with Gasteiger partial charge in [0.25, 0.3) is 0 Å². The maximum atomic E-state index is 13.5. The number of likely N-dealkylation sites (N-methyl/N-ethyl adjacent to an activating group) is 2. The fourth-order valence-corrected chi connectivity index (χ4v) is 6.38. The zero-order chi connectivity index (χ0) is 25.5. The van der Waals surface area contributed by atoms with Crippen molar-refractivity contribution < 1.29 is 28.7 Å². The number of hydrazine groups is 1. The lowest BCUT2D eigenvalue weighted by atomic mass is 9.84. The van der Waals surface area contributed by atoms with E-state index in [9.17, 15) is 19.2 Å². The summed E-state index contributed by atoms with van der Waals surface area (Å²) >= 11 is 0. The predicted molar refractivity (Wildman–Crippen MR) is 125 cm³/mol. The van der Waals surface area contributed by atoms with Crippen LogP contribution in [0.25, 0.3) is 0 Å². The van der Waals surface area contributed by atoms with E-state index in [-0.39, 0.29) is 23.6 Å². The van der Waals surface area contributed by atoms with Gasteiger partial charge in [-0.1, -0.05) is 24.3 Å². The molecule has 0 bridgehead atoms. The third-order valence-electron chi connectivity index (χ3n) is 8.08. The van der Waals surface area contributed by atoms with E-state index in [1.807, 2.05) is 34.3 Å². The molecule has 10 nitrogen and oxygen atoms in total. The van der Waals surface area contributed by atoms with Gasteiger partial charge in [0, 0.05) is 14.1 Å². The number of ether oxygens (including phenoxy) is 2. The Morgan fingerprint density at radius 1 is 0.528 bits per heavy atom. The number of imide groups is 2. The standard InChI is InChI=1S/C26H26N4O6/c1-27-23(31)17-19(13-5-9-15(35-3)10-6-13)30-22-18(24(32)28(2)26(22)34)20(29(30)21(17)25(27)33)14-7-11-16(36-4)12-8-14/h5-12,17-22H,1-4H3/t17-,18+,19-,20-,21-,22+/m0/s1. The van der Waals surface area contributed by atoms with Crippen LogP contribution in [0.1, 0.15) is 23.2 Å². The number of hydrogen-bond donors (Lipinski definition) is 0. The summed E-state index contributed by atoms with van der Waals surface area (Å²) in [5.41, 5.74) is 1.54. The molecule has 186 valence electrons. The number of rotatable bonds is 4. The number of carbonyl (C=O) groups excluding carboxylic acids is 4. The lowest BCUT2D eigenvalue weighted by Gasteiger charge is -2.35. The molecule has 0 aromatic heterocycles. The average Bonchev–Trinajstić information content (AvgIpc) is 3.55. The lowest BCUT2D eigenvalue weighted by molar-refractivity contribution is -0.151. The Hall–Kier alpha value is -3.76. The molecule has 4 aliphatic heterocycles. The van der Waals surface area contributed by atoms with Gasteiger partial charge in [-0.05, 0) is 35.4 Å². The van der Waals surface area contributed by atoms with Crippen LogP contribution in [0, 0.1) is 11.8 Å². The van der Waals surface area contributed by atoms with Crippen LogP contribution >= 0.6 is 0 Å². The Labute approximate surface area is 207 Å². The van der Waals surface area contributed by atoms with Gasteiger partial charge in [0.15, 0.2) is 0 Å². The molecule has 4 fully saturated rings. The minimum atomic E-state index is -0.821. The van der Waals surface area contributed by atoms with Gasteiger partial charge < -0.3 is 9.47 Å². The molecule has 0 N–H and O–H groups in total. The highest BCUT2D eigenvalue weighted by molar-refractivity contribution is 6.10. The molecule has 36 heavy (non-hydrogen) atoms. The van der Waals surface area contributed by atoms with Crippen molar-refractivity contribution in [2.45, 2.75) is 24.2 Å². The first-order chi connectivity index (χ1) is 17.3. The molecule has 0 aliphatic carbocycles. The van der Waals surface area contributed by atoms with Gasteiger partial charge in [-0.3, -0.25) is 29.0 Å². The summed E-state index contributed by atoms with van der Waals surface area (Å²) in [5.74, 6) is -1.39. The van der Waals surface area contributed by atoms with Gasteiger partial charge >= 0.3 is 0 Å². The Kier molecular flexibility index (Phi) is 4.96. The molecule has 4 aliphatic rings. The number of amides is 4. The minimum Gasteiger partial charge on any atom is -0.497 e. The topological polar surface area (TPSA) is 99.7 Å². The molecular formula is C26H26N4O6. The van der Waals surface area contributed by atoms with E-state index < -0.39 is 36.0 Å². The number of carbonyl (C=O) groups is 4. The van der Waals surface area contributed by atoms with Crippen molar-refractivity contribution in [2.24, 2.45) is 11.8 Å². The molecule has 4 saturated heterocycles. The smallest absolute Gasteiger partial charge is 0.248 e. The van der Waals surface area contributed by atoms with Gasteiger partial charge in [0.05, 0.1) is 38.1 Å². The Morgan fingerprint density at radius 3 is 1.17 bits per heavy atom. The summed E-state index contributed by atoms with van der Waals surface area (Å²) < 4.78 is 10.6. The lowest BCUT2D eigenvalue weighted by Crippen LogP contribution is -2.49. The Morgan fingerprint density at radius 2 is 0.861 bits per heavy atom. The molecule has 0 saturated carbocycles. The number of benzene rings is 2. The fourth-order valence-electron chi connectivity index (χ4n) is 6.38. The molecule has 4 amide bonds. The van der Waals surface area contributed by atoms with Crippen LogP contribution in [0.15, 0.2) is 48.5 Å². The average molecular weight is 491 g/mol. The molecular weight excluding hydrogens is 464 g/mol. The van der Waals surface area contributed by atoms with Crippen molar-refractivity contribution in [2.75, 3.05) is 28.3 Å². The van der Waals surface area contributed by atoms with E-state index in [0.717, 1.165) is 20.9 Å².